The lowest BCUT2D eigenvalue weighted by atomic mass is 10.1. The predicted octanol–water partition coefficient (Wildman–Crippen LogP) is 2.05. The van der Waals surface area contributed by atoms with E-state index in [1.165, 1.54) is 0 Å². The van der Waals surface area contributed by atoms with E-state index in [0.717, 1.165) is 0 Å². The Labute approximate surface area is 243 Å². The van der Waals surface area contributed by atoms with Gasteiger partial charge in [-0.05, 0) is 88.0 Å². The van der Waals surface area contributed by atoms with Gasteiger partial charge in [0.15, 0.2) is 0 Å². The van der Waals surface area contributed by atoms with Gasteiger partial charge in [0.2, 0.25) is 11.8 Å². The van der Waals surface area contributed by atoms with E-state index in [9.17, 15) is 24.0 Å². The highest BCUT2D eigenvalue weighted by Gasteiger charge is 2.26. The molecular weight excluding hydrogens is 536 g/mol. The molecule has 0 heterocycles. The SMILES string of the molecule is CC(C)(C)OC(=O)NCCC[C@@H](CNC(=O)[C@H](CCCNC(=O)CN)NC(=O)OC(C)(C)C)NC(=O)OC(C)(C)C. The van der Waals surface area contributed by atoms with Gasteiger partial charge in [0.25, 0.3) is 0 Å². The third-order valence-corrected chi connectivity index (χ3v) is 4.83. The van der Waals surface area contributed by atoms with Crippen LogP contribution < -0.4 is 32.3 Å². The molecule has 0 radical (unpaired) electrons. The summed E-state index contributed by atoms with van der Waals surface area (Å²) in [5.74, 6) is -0.827. The highest BCUT2D eigenvalue weighted by Crippen LogP contribution is 2.10. The maximum Gasteiger partial charge on any atom is 0.408 e. The number of carbonyl (C=O) groups is 5. The normalized spacial score (nSPS) is 13.2. The van der Waals surface area contributed by atoms with E-state index in [-0.39, 0.29) is 38.5 Å². The fourth-order valence-electron chi connectivity index (χ4n) is 3.22. The first-order valence-corrected chi connectivity index (χ1v) is 13.9. The molecule has 0 aromatic carbocycles. The molecule has 0 rings (SSSR count). The summed E-state index contributed by atoms with van der Waals surface area (Å²) in [4.78, 5) is 61.2. The predicted molar refractivity (Wildman–Crippen MR) is 154 cm³/mol. The van der Waals surface area contributed by atoms with Crippen LogP contribution >= 0.6 is 0 Å². The number of carbonyl (C=O) groups excluding carboxylic acids is 5. The van der Waals surface area contributed by atoms with Crippen LogP contribution in [0.5, 0.6) is 0 Å². The Kier molecular flexibility index (Phi) is 16.1. The standard InChI is InChI=1S/C27H52N6O8/c1-25(2,3)39-22(36)30-15-10-12-18(32-23(37)40-26(4,5)6)17-31-21(35)19(13-11-14-29-20(34)16-28)33-24(38)41-27(7,8)9/h18-19H,10-17,28H2,1-9H3,(H,29,34)(H,30,36)(H,31,35)(H,32,37)(H,33,38)/t18-,19-/m0/s1. The van der Waals surface area contributed by atoms with Gasteiger partial charge in [-0.1, -0.05) is 0 Å². The van der Waals surface area contributed by atoms with Crippen molar-refractivity contribution in [2.24, 2.45) is 5.73 Å². The minimum Gasteiger partial charge on any atom is -0.444 e. The van der Waals surface area contributed by atoms with Crippen molar-refractivity contribution in [2.75, 3.05) is 26.2 Å². The van der Waals surface area contributed by atoms with E-state index < -0.39 is 53.1 Å². The van der Waals surface area contributed by atoms with Gasteiger partial charge in [-0.2, -0.15) is 0 Å². The molecule has 0 saturated carbocycles. The van der Waals surface area contributed by atoms with Crippen LogP contribution in [0.1, 0.15) is 88.0 Å². The maximum atomic E-state index is 13.1. The van der Waals surface area contributed by atoms with Gasteiger partial charge in [-0.3, -0.25) is 9.59 Å². The van der Waals surface area contributed by atoms with Gasteiger partial charge in [-0.25, -0.2) is 14.4 Å². The van der Waals surface area contributed by atoms with Crippen molar-refractivity contribution in [1.82, 2.24) is 26.6 Å². The third kappa shape index (κ3) is 22.1. The van der Waals surface area contributed by atoms with Crippen LogP contribution in [0.4, 0.5) is 14.4 Å². The molecular formula is C27H52N6O8. The molecule has 0 spiro atoms. The molecule has 0 aliphatic carbocycles. The van der Waals surface area contributed by atoms with E-state index >= 15 is 0 Å². The fourth-order valence-corrected chi connectivity index (χ4v) is 3.22. The average molecular weight is 589 g/mol. The summed E-state index contributed by atoms with van der Waals surface area (Å²) in [6.07, 6.45) is -0.520. The third-order valence-electron chi connectivity index (χ3n) is 4.83. The minimum atomic E-state index is -0.962. The molecule has 14 nitrogen and oxygen atoms in total. The number of nitrogens with one attached hydrogen (secondary N) is 5. The molecule has 0 aliphatic rings. The topological polar surface area (TPSA) is 199 Å². The molecule has 0 unspecified atom stereocenters. The van der Waals surface area contributed by atoms with Crippen LogP contribution in [0.2, 0.25) is 0 Å². The number of ether oxygens (including phenoxy) is 3. The molecule has 0 bridgehead atoms. The number of rotatable bonds is 14. The summed E-state index contributed by atoms with van der Waals surface area (Å²) >= 11 is 0. The number of hydrogen-bond donors (Lipinski definition) is 6. The maximum absolute atomic E-state index is 13.1. The first kappa shape index (κ1) is 37.7. The second kappa shape index (κ2) is 17.5. The summed E-state index contributed by atoms with van der Waals surface area (Å²) in [5, 5.41) is 13.4. The Hall–Kier alpha value is -3.29. The summed E-state index contributed by atoms with van der Waals surface area (Å²) in [6.45, 7) is 16.0. The van der Waals surface area contributed by atoms with E-state index in [4.69, 9.17) is 19.9 Å². The van der Waals surface area contributed by atoms with Gasteiger partial charge in [0.1, 0.15) is 22.8 Å². The minimum absolute atomic E-state index is 0.0287. The molecule has 0 fully saturated rings. The molecule has 5 amide bonds. The molecule has 14 heteroatoms. The fraction of sp³-hybridized carbons (Fsp3) is 0.815. The molecule has 0 aromatic rings. The van der Waals surface area contributed by atoms with E-state index in [1.807, 2.05) is 0 Å². The second-order valence-electron chi connectivity index (χ2n) is 12.6. The lowest BCUT2D eigenvalue weighted by Crippen LogP contribution is -2.52. The van der Waals surface area contributed by atoms with Crippen molar-refractivity contribution in [3.8, 4) is 0 Å². The van der Waals surface area contributed by atoms with Crippen molar-refractivity contribution in [2.45, 2.75) is 117 Å². The molecule has 0 aliphatic heterocycles. The molecule has 0 aromatic heterocycles. The Morgan fingerprint density at radius 1 is 0.634 bits per heavy atom. The van der Waals surface area contributed by atoms with Crippen molar-refractivity contribution in [1.29, 1.82) is 0 Å². The highest BCUT2D eigenvalue weighted by molar-refractivity contribution is 5.85. The van der Waals surface area contributed by atoms with Gasteiger partial charge in [0.05, 0.1) is 6.54 Å². The average Bonchev–Trinajstić information content (AvgIpc) is 2.77. The molecule has 238 valence electrons. The summed E-state index contributed by atoms with van der Waals surface area (Å²) in [5.41, 5.74) is 3.17. The first-order valence-electron chi connectivity index (χ1n) is 13.9. The smallest absolute Gasteiger partial charge is 0.408 e. The summed E-state index contributed by atoms with van der Waals surface area (Å²) in [7, 11) is 0. The van der Waals surface area contributed by atoms with Gasteiger partial charge >= 0.3 is 18.3 Å². The summed E-state index contributed by atoms with van der Waals surface area (Å²) < 4.78 is 15.9. The number of nitrogens with two attached hydrogens (primary N) is 1. The zero-order valence-corrected chi connectivity index (χ0v) is 26.2. The van der Waals surface area contributed by atoms with Crippen LogP contribution in [-0.4, -0.2) is 85.2 Å². The number of amides is 5. The monoisotopic (exact) mass is 588 g/mol. The number of hydrogen-bond acceptors (Lipinski definition) is 9. The Morgan fingerprint density at radius 2 is 1.10 bits per heavy atom. The molecule has 41 heavy (non-hydrogen) atoms. The zero-order valence-electron chi connectivity index (χ0n) is 26.2. The van der Waals surface area contributed by atoms with Crippen molar-refractivity contribution in [3.63, 3.8) is 0 Å². The Balaban J connectivity index is 5.28. The van der Waals surface area contributed by atoms with Crippen molar-refractivity contribution >= 4 is 30.1 Å². The molecule has 0 saturated heterocycles. The van der Waals surface area contributed by atoms with Gasteiger partial charge in [0, 0.05) is 25.7 Å². The Morgan fingerprint density at radius 3 is 1.61 bits per heavy atom. The first-order chi connectivity index (χ1) is 18.7. The van der Waals surface area contributed by atoms with E-state index in [2.05, 4.69) is 26.6 Å². The van der Waals surface area contributed by atoms with Crippen LogP contribution in [0.15, 0.2) is 0 Å². The van der Waals surface area contributed by atoms with Crippen LogP contribution in [-0.2, 0) is 23.8 Å². The largest absolute Gasteiger partial charge is 0.444 e. The Bertz CT molecular complexity index is 861. The second-order valence-corrected chi connectivity index (χ2v) is 12.6. The highest BCUT2D eigenvalue weighted by atomic mass is 16.6. The number of alkyl carbamates (subject to hydrolysis) is 3. The van der Waals surface area contributed by atoms with Crippen molar-refractivity contribution in [3.05, 3.63) is 0 Å². The van der Waals surface area contributed by atoms with Crippen molar-refractivity contribution < 1.29 is 38.2 Å². The van der Waals surface area contributed by atoms with E-state index in [0.29, 0.717) is 19.3 Å². The van der Waals surface area contributed by atoms with Gasteiger partial charge < -0.3 is 46.5 Å². The van der Waals surface area contributed by atoms with Crippen LogP contribution in [0, 0.1) is 0 Å². The molecule has 7 N–H and O–H groups in total. The van der Waals surface area contributed by atoms with Crippen LogP contribution in [0.25, 0.3) is 0 Å². The quantitative estimate of drug-likeness (QED) is 0.130. The van der Waals surface area contributed by atoms with E-state index in [1.54, 1.807) is 62.3 Å². The lowest BCUT2D eigenvalue weighted by molar-refractivity contribution is -0.123. The zero-order chi connectivity index (χ0) is 31.9. The summed E-state index contributed by atoms with van der Waals surface area (Å²) in [6, 6.07) is -1.50. The van der Waals surface area contributed by atoms with Gasteiger partial charge in [-0.15, -0.1) is 0 Å². The molecule has 2 atom stereocenters. The lowest BCUT2D eigenvalue weighted by Gasteiger charge is -2.26. The van der Waals surface area contributed by atoms with Crippen LogP contribution in [0.3, 0.4) is 0 Å².